The molecule has 1 aliphatic carbocycles. The fourth-order valence-electron chi connectivity index (χ4n) is 4.65. The molecule has 3 atom stereocenters. The quantitative estimate of drug-likeness (QED) is 0.470. The zero-order valence-corrected chi connectivity index (χ0v) is 21.2. The summed E-state index contributed by atoms with van der Waals surface area (Å²) in [6.45, 7) is 7.66. The predicted molar refractivity (Wildman–Crippen MR) is 137 cm³/mol. The molecule has 1 aliphatic rings. The highest BCUT2D eigenvalue weighted by atomic mass is 35.5. The van der Waals surface area contributed by atoms with E-state index >= 15 is 0 Å². The molecule has 34 heavy (non-hydrogen) atoms. The van der Waals surface area contributed by atoms with Crippen LogP contribution in [0, 0.1) is 23.7 Å². The Bertz CT molecular complexity index is 991. The SMILES string of the molecule is CC1=C[C@@H](CNC(=O)Nc2ccc(Cl)cc2)[C@H](C(C)C)C[C@H]1CC(=O)N(C)Cc1cccnc1. The van der Waals surface area contributed by atoms with Gasteiger partial charge >= 0.3 is 6.03 Å². The molecule has 6 nitrogen and oxygen atoms in total. The van der Waals surface area contributed by atoms with E-state index in [1.165, 1.54) is 5.57 Å². The summed E-state index contributed by atoms with van der Waals surface area (Å²) in [5.74, 6) is 1.43. The second-order valence-corrected chi connectivity index (χ2v) is 10.0. The molecule has 1 aromatic carbocycles. The molecule has 0 bridgehead atoms. The van der Waals surface area contributed by atoms with Crippen molar-refractivity contribution in [2.24, 2.45) is 23.7 Å². The fourth-order valence-corrected chi connectivity index (χ4v) is 4.77. The molecule has 0 fully saturated rings. The number of hydrogen-bond acceptors (Lipinski definition) is 3. The molecule has 3 rings (SSSR count). The van der Waals surface area contributed by atoms with Gasteiger partial charge in [-0.2, -0.15) is 0 Å². The van der Waals surface area contributed by atoms with Crippen molar-refractivity contribution in [2.75, 3.05) is 18.9 Å². The molecule has 0 radical (unpaired) electrons. The maximum Gasteiger partial charge on any atom is 0.319 e. The number of benzene rings is 1. The smallest absolute Gasteiger partial charge is 0.319 e. The van der Waals surface area contributed by atoms with Crippen molar-refractivity contribution in [1.82, 2.24) is 15.2 Å². The number of halogens is 1. The number of nitrogens with one attached hydrogen (secondary N) is 2. The highest BCUT2D eigenvalue weighted by molar-refractivity contribution is 6.30. The van der Waals surface area contributed by atoms with E-state index < -0.39 is 0 Å². The summed E-state index contributed by atoms with van der Waals surface area (Å²) in [4.78, 5) is 31.2. The molecule has 0 unspecified atom stereocenters. The number of aromatic nitrogens is 1. The number of carbonyl (C=O) groups is 2. The van der Waals surface area contributed by atoms with Gasteiger partial charge in [-0.3, -0.25) is 9.78 Å². The number of amides is 3. The molecule has 0 aliphatic heterocycles. The number of hydrogen-bond donors (Lipinski definition) is 2. The number of anilines is 1. The van der Waals surface area contributed by atoms with E-state index in [0.29, 0.717) is 42.1 Å². The first kappa shape index (κ1) is 25.8. The Kier molecular flexibility index (Phi) is 9.11. The second kappa shape index (κ2) is 12.0. The maximum atomic E-state index is 12.9. The van der Waals surface area contributed by atoms with E-state index in [9.17, 15) is 9.59 Å². The van der Waals surface area contributed by atoms with Gasteiger partial charge in [0, 0.05) is 49.7 Å². The van der Waals surface area contributed by atoms with Crippen LogP contribution >= 0.6 is 11.6 Å². The van der Waals surface area contributed by atoms with Gasteiger partial charge in [0.25, 0.3) is 0 Å². The zero-order chi connectivity index (χ0) is 24.7. The normalized spacial score (nSPS) is 19.9. The Morgan fingerprint density at radius 2 is 1.94 bits per heavy atom. The largest absolute Gasteiger partial charge is 0.341 e. The van der Waals surface area contributed by atoms with Gasteiger partial charge in [0.05, 0.1) is 0 Å². The van der Waals surface area contributed by atoms with Crippen LogP contribution in [0.2, 0.25) is 5.02 Å². The first-order valence-electron chi connectivity index (χ1n) is 11.8. The van der Waals surface area contributed by atoms with Crippen LogP contribution < -0.4 is 10.6 Å². The Balaban J connectivity index is 1.57. The lowest BCUT2D eigenvalue weighted by molar-refractivity contribution is -0.131. The zero-order valence-electron chi connectivity index (χ0n) is 20.4. The number of pyridine rings is 1. The van der Waals surface area contributed by atoms with E-state index in [4.69, 9.17) is 11.6 Å². The van der Waals surface area contributed by atoms with Crippen LogP contribution in [0.3, 0.4) is 0 Å². The molecule has 1 aromatic heterocycles. The van der Waals surface area contributed by atoms with Crippen molar-refractivity contribution in [3.63, 3.8) is 0 Å². The predicted octanol–water partition coefficient (Wildman–Crippen LogP) is 5.76. The summed E-state index contributed by atoms with van der Waals surface area (Å²) in [5.41, 5.74) is 2.95. The molecule has 182 valence electrons. The summed E-state index contributed by atoms with van der Waals surface area (Å²) in [5, 5.41) is 6.49. The molecule has 0 saturated heterocycles. The van der Waals surface area contributed by atoms with E-state index in [0.717, 1.165) is 12.0 Å². The van der Waals surface area contributed by atoms with Crippen LogP contribution in [-0.4, -0.2) is 35.4 Å². The molecule has 3 amide bonds. The van der Waals surface area contributed by atoms with E-state index in [2.05, 4.69) is 42.5 Å². The third-order valence-corrected chi connectivity index (χ3v) is 6.93. The van der Waals surface area contributed by atoms with Crippen molar-refractivity contribution in [1.29, 1.82) is 0 Å². The molecular formula is C27H35ClN4O2. The molecule has 2 aromatic rings. The molecule has 7 heteroatoms. The lowest BCUT2D eigenvalue weighted by atomic mass is 9.69. The van der Waals surface area contributed by atoms with Crippen LogP contribution in [0.25, 0.3) is 0 Å². The Morgan fingerprint density at radius 3 is 2.59 bits per heavy atom. The minimum atomic E-state index is -0.231. The Labute approximate surface area is 207 Å². The number of allylic oxidation sites excluding steroid dienone is 1. The van der Waals surface area contributed by atoms with Crippen LogP contribution in [0.15, 0.2) is 60.4 Å². The molecule has 0 saturated carbocycles. The van der Waals surface area contributed by atoms with E-state index in [-0.39, 0.29) is 23.8 Å². The third kappa shape index (κ3) is 7.32. The van der Waals surface area contributed by atoms with Crippen LogP contribution in [0.5, 0.6) is 0 Å². The van der Waals surface area contributed by atoms with Gasteiger partial charge in [-0.1, -0.05) is 43.2 Å². The van der Waals surface area contributed by atoms with Gasteiger partial charge in [-0.15, -0.1) is 0 Å². The summed E-state index contributed by atoms with van der Waals surface area (Å²) in [6.07, 6.45) is 7.23. The van der Waals surface area contributed by atoms with Gasteiger partial charge < -0.3 is 15.5 Å². The maximum absolute atomic E-state index is 12.9. The Morgan fingerprint density at radius 1 is 1.21 bits per heavy atom. The Hall–Kier alpha value is -2.86. The molecule has 0 spiro atoms. The van der Waals surface area contributed by atoms with Crippen molar-refractivity contribution >= 4 is 29.2 Å². The number of urea groups is 1. The lowest BCUT2D eigenvalue weighted by Gasteiger charge is -2.37. The third-order valence-electron chi connectivity index (χ3n) is 6.67. The minimum Gasteiger partial charge on any atom is -0.341 e. The highest BCUT2D eigenvalue weighted by Crippen LogP contribution is 2.39. The van der Waals surface area contributed by atoms with Crippen molar-refractivity contribution in [2.45, 2.75) is 40.2 Å². The molecular weight excluding hydrogens is 448 g/mol. The minimum absolute atomic E-state index is 0.142. The van der Waals surface area contributed by atoms with Crippen molar-refractivity contribution < 1.29 is 9.59 Å². The summed E-state index contributed by atoms with van der Waals surface area (Å²) >= 11 is 5.91. The molecule has 1 heterocycles. The topological polar surface area (TPSA) is 74.3 Å². The monoisotopic (exact) mass is 482 g/mol. The lowest BCUT2D eigenvalue weighted by Crippen LogP contribution is -2.39. The fraction of sp³-hybridized carbons (Fsp3) is 0.444. The number of rotatable bonds is 8. The molecule has 2 N–H and O–H groups in total. The van der Waals surface area contributed by atoms with Gasteiger partial charge in [0.2, 0.25) is 5.91 Å². The first-order chi connectivity index (χ1) is 16.2. The van der Waals surface area contributed by atoms with Gasteiger partial charge in [0.15, 0.2) is 0 Å². The van der Waals surface area contributed by atoms with Crippen LogP contribution in [0.4, 0.5) is 10.5 Å². The van der Waals surface area contributed by atoms with E-state index in [1.54, 1.807) is 41.6 Å². The average Bonchev–Trinajstić information content (AvgIpc) is 2.81. The summed E-state index contributed by atoms with van der Waals surface area (Å²) in [6, 6.07) is 10.7. The van der Waals surface area contributed by atoms with Gasteiger partial charge in [-0.25, -0.2) is 4.79 Å². The number of carbonyl (C=O) groups excluding carboxylic acids is 2. The second-order valence-electron chi connectivity index (χ2n) is 9.57. The van der Waals surface area contributed by atoms with Crippen LogP contribution in [-0.2, 0) is 11.3 Å². The van der Waals surface area contributed by atoms with Crippen molar-refractivity contribution in [3.05, 3.63) is 71.0 Å². The van der Waals surface area contributed by atoms with E-state index in [1.807, 2.05) is 19.2 Å². The summed E-state index contributed by atoms with van der Waals surface area (Å²) < 4.78 is 0. The standard InChI is InChI=1S/C27H35ClN4O2/c1-18(2)25-13-21(14-26(33)32(4)17-20-6-5-11-29-15-20)19(3)12-22(25)16-30-27(34)31-24-9-7-23(28)8-10-24/h5-12,15,18,21-22,25H,13-14,16-17H2,1-4H3,(H2,30,31,34)/t21-,22-,25-/m0/s1. The van der Waals surface area contributed by atoms with Gasteiger partial charge in [0.1, 0.15) is 0 Å². The number of nitrogens with zero attached hydrogens (tertiary/aromatic N) is 2. The van der Waals surface area contributed by atoms with Gasteiger partial charge in [-0.05, 0) is 72.9 Å². The average molecular weight is 483 g/mol. The summed E-state index contributed by atoms with van der Waals surface area (Å²) in [7, 11) is 1.85. The highest BCUT2D eigenvalue weighted by Gasteiger charge is 2.33. The van der Waals surface area contributed by atoms with Crippen LogP contribution in [0.1, 0.15) is 39.2 Å². The first-order valence-corrected chi connectivity index (χ1v) is 12.2. The van der Waals surface area contributed by atoms with Crippen molar-refractivity contribution in [3.8, 4) is 0 Å².